The van der Waals surface area contributed by atoms with E-state index in [4.69, 9.17) is 9.99 Å². The van der Waals surface area contributed by atoms with Crippen LogP contribution in [0.3, 0.4) is 0 Å². The topological polar surface area (TPSA) is 252 Å². The highest BCUT2D eigenvalue weighted by Crippen LogP contribution is 2.29. The molecule has 0 unspecified atom stereocenters. The van der Waals surface area contributed by atoms with Crippen molar-refractivity contribution < 1.29 is 32.3 Å². The number of aromatic nitrogens is 6. The van der Waals surface area contributed by atoms with Crippen LogP contribution < -0.4 is 36.6 Å². The first-order valence-electron chi connectivity index (χ1n) is 18.6. The molecule has 0 amide bonds. The normalized spacial score (nSPS) is 11.0. The highest BCUT2D eigenvalue weighted by molar-refractivity contribution is 7.94. The van der Waals surface area contributed by atoms with Crippen molar-refractivity contribution in [3.05, 3.63) is 158 Å². The maximum atomic E-state index is 11.7. The predicted molar refractivity (Wildman–Crippen MR) is 239 cm³/mol. The molecule has 0 saturated carbocycles. The van der Waals surface area contributed by atoms with Crippen molar-refractivity contribution in [3.63, 3.8) is 0 Å². The third-order valence-electron chi connectivity index (χ3n) is 8.43. The van der Waals surface area contributed by atoms with Crippen molar-refractivity contribution in [3.8, 4) is 11.5 Å². The van der Waals surface area contributed by atoms with Gasteiger partial charge in [0.2, 0.25) is 35.7 Å². The summed E-state index contributed by atoms with van der Waals surface area (Å²) >= 11 is 0.828. The quantitative estimate of drug-likeness (QED) is 0.0173. The van der Waals surface area contributed by atoms with Crippen molar-refractivity contribution in [2.24, 2.45) is 0 Å². The number of rotatable bonds is 18. The lowest BCUT2D eigenvalue weighted by Crippen LogP contribution is -2.07. The van der Waals surface area contributed by atoms with Gasteiger partial charge in [-0.3, -0.25) is 4.55 Å². The molecule has 316 valence electrons. The maximum Gasteiger partial charge on any atom is 0.294 e. The number of ether oxygens (including phenoxy) is 1. The van der Waals surface area contributed by atoms with Gasteiger partial charge in [-0.15, -0.1) is 4.33 Å². The maximum absolute atomic E-state index is 11.7. The van der Waals surface area contributed by atoms with Gasteiger partial charge >= 0.3 is 0 Å². The van der Waals surface area contributed by atoms with Crippen LogP contribution in [0.2, 0.25) is 0 Å². The highest BCUT2D eigenvalue weighted by Gasteiger charge is 2.14. The van der Waals surface area contributed by atoms with E-state index in [1.54, 1.807) is 60.7 Å². The van der Waals surface area contributed by atoms with Crippen LogP contribution in [0.25, 0.3) is 0 Å². The second-order valence-corrected chi connectivity index (χ2v) is 15.2. The van der Waals surface area contributed by atoms with E-state index in [1.165, 1.54) is 18.2 Å². The summed E-state index contributed by atoms with van der Waals surface area (Å²) in [4.78, 5) is 27.5. The average molecular weight is 883 g/mol. The molecule has 0 bridgehead atoms. The summed E-state index contributed by atoms with van der Waals surface area (Å²) in [6.07, 6.45) is 0. The molecule has 8 rings (SSSR count). The molecule has 0 aliphatic rings. The van der Waals surface area contributed by atoms with E-state index in [9.17, 15) is 13.0 Å². The van der Waals surface area contributed by atoms with Crippen LogP contribution in [0.15, 0.2) is 168 Å². The lowest BCUT2D eigenvalue weighted by Gasteiger charge is -2.13. The summed E-state index contributed by atoms with van der Waals surface area (Å²) in [5.74, 6) is 2.45. The Bertz CT molecular complexity index is 2910. The molecule has 8 N–H and O–H groups in total. The van der Waals surface area contributed by atoms with Gasteiger partial charge in [0.25, 0.3) is 10.1 Å². The zero-order valence-electron chi connectivity index (χ0n) is 32.4. The average Bonchev–Trinajstić information content (AvgIpc) is 3.27. The first-order chi connectivity index (χ1) is 30.7. The molecule has 0 saturated heterocycles. The lowest BCUT2D eigenvalue weighted by atomic mass is 10.3. The van der Waals surface area contributed by atoms with Crippen LogP contribution in [0.1, 0.15) is 0 Å². The van der Waals surface area contributed by atoms with Gasteiger partial charge in [0.05, 0.1) is 16.9 Å². The fourth-order valence-corrected chi connectivity index (χ4v) is 6.61. The molecule has 2 aromatic heterocycles. The molecule has 2 heterocycles. The molecule has 63 heavy (non-hydrogen) atoms. The van der Waals surface area contributed by atoms with Gasteiger partial charge < -0.3 is 36.6 Å². The smallest absolute Gasteiger partial charge is 0.294 e. The molecule has 0 aliphatic heterocycles. The molecule has 0 radical (unpaired) electrons. The Morgan fingerprint density at radius 2 is 0.794 bits per heavy atom. The van der Waals surface area contributed by atoms with Gasteiger partial charge in [0.15, 0.2) is 0 Å². The summed E-state index contributed by atoms with van der Waals surface area (Å²) < 4.78 is 43.6. The summed E-state index contributed by atoms with van der Waals surface area (Å²) in [5, 5.41) is 31.1. The van der Waals surface area contributed by atoms with Crippen LogP contribution in [-0.4, -0.2) is 48.1 Å². The molecule has 0 aliphatic carbocycles. The van der Waals surface area contributed by atoms with Gasteiger partial charge in [0.1, 0.15) is 11.5 Å². The first kappa shape index (κ1) is 41.8. The van der Waals surface area contributed by atoms with E-state index in [2.05, 4.69) is 71.2 Å². The lowest BCUT2D eigenvalue weighted by molar-refractivity contribution is -0.432. The fourth-order valence-electron chi connectivity index (χ4n) is 5.67. The number of anilines is 12. The third-order valence-corrected chi connectivity index (χ3v) is 9.85. The zero-order valence-corrected chi connectivity index (χ0v) is 34.1. The second kappa shape index (κ2) is 19.6. The number of hydrogen-bond acceptors (Lipinski definition) is 19. The van der Waals surface area contributed by atoms with E-state index in [1.807, 2.05) is 78.9 Å². The van der Waals surface area contributed by atoms with Crippen LogP contribution in [-0.2, 0) is 19.5 Å². The Morgan fingerprint density at radius 3 is 1.21 bits per heavy atom. The van der Waals surface area contributed by atoms with Crippen LogP contribution in [0.4, 0.5) is 69.8 Å². The van der Waals surface area contributed by atoms with Crippen LogP contribution in [0.5, 0.6) is 11.5 Å². The summed E-state index contributed by atoms with van der Waals surface area (Å²) in [5.41, 5.74) is 3.82. The number of para-hydroxylation sites is 2. The number of hydrogen-bond donors (Lipinski definition) is 8. The predicted octanol–water partition coefficient (Wildman–Crippen LogP) is 9.99. The molecule has 21 heteroatoms. The highest BCUT2D eigenvalue weighted by atomic mass is 32.2. The van der Waals surface area contributed by atoms with Gasteiger partial charge in [-0.2, -0.15) is 38.3 Å². The van der Waals surface area contributed by atoms with E-state index in [0.717, 1.165) is 23.4 Å². The summed E-state index contributed by atoms with van der Waals surface area (Å²) in [7, 11) is -4.43. The minimum atomic E-state index is -4.43. The van der Waals surface area contributed by atoms with Gasteiger partial charge in [-0.1, -0.05) is 53.6 Å². The molecule has 8 aromatic rings. The molecular formula is C42H34N12O7S2. The van der Waals surface area contributed by atoms with Gasteiger partial charge in [-0.25, -0.2) is 5.26 Å². The van der Waals surface area contributed by atoms with Crippen molar-refractivity contribution in [2.75, 3.05) is 31.9 Å². The van der Waals surface area contributed by atoms with E-state index in [0.29, 0.717) is 45.1 Å². The van der Waals surface area contributed by atoms with Gasteiger partial charge in [-0.05, 0) is 109 Å². The third kappa shape index (κ3) is 12.1. The van der Waals surface area contributed by atoms with Crippen molar-refractivity contribution in [1.82, 2.24) is 29.9 Å². The zero-order chi connectivity index (χ0) is 43.4. The molecule has 0 fully saturated rings. The molecule has 0 atom stereocenters. The Labute approximate surface area is 363 Å². The standard InChI is InChI=1S/C42H34N12O7S2/c55-60-61-62-35-15-7-13-31(25-35)47-41-51-37(43-27-9-3-1-4-10-27)49-39(53-41)45-29-17-21-33(22-18-29)59-34-23-19-30(20-24-34)46-40-50-38(44-28-11-5-2-6-12-28)52-42(54-40)48-32-14-8-16-36(26-32)63(56,57)58/h1-26,55H,(H,56,57,58)(H3,43,45,47,49,51,53)(H3,44,46,48,50,52,54). The van der Waals surface area contributed by atoms with E-state index < -0.39 is 10.1 Å². The van der Waals surface area contributed by atoms with Crippen molar-refractivity contribution in [1.29, 1.82) is 0 Å². The SMILES string of the molecule is O=S(=O)(O)c1cccc(Nc2nc(Nc3ccccc3)nc(Nc3ccc(Oc4ccc(Nc5nc(Nc6ccccc6)nc(Nc6cccc(SOOO)c6)n5)cc4)cc3)n2)c1. The number of benzene rings is 6. The fraction of sp³-hybridized carbons (Fsp3) is 0. The number of nitrogens with zero attached hydrogens (tertiary/aromatic N) is 6. The van der Waals surface area contributed by atoms with Gasteiger partial charge in [0, 0.05) is 39.0 Å². The Balaban J connectivity index is 0.945. The number of nitrogens with one attached hydrogen (secondary N) is 6. The molecule has 6 aromatic carbocycles. The van der Waals surface area contributed by atoms with Crippen LogP contribution >= 0.6 is 12.0 Å². The van der Waals surface area contributed by atoms with E-state index >= 15 is 0 Å². The molecular weight excluding hydrogens is 849 g/mol. The Kier molecular flexibility index (Phi) is 13.0. The first-order valence-corrected chi connectivity index (χ1v) is 20.8. The van der Waals surface area contributed by atoms with Crippen molar-refractivity contribution >= 4 is 92.0 Å². The minimum Gasteiger partial charge on any atom is -0.457 e. The van der Waals surface area contributed by atoms with E-state index in [-0.39, 0.29) is 34.6 Å². The Hall–Kier alpha value is -7.92. The van der Waals surface area contributed by atoms with Crippen molar-refractivity contribution in [2.45, 2.75) is 9.79 Å². The van der Waals surface area contributed by atoms with Crippen LogP contribution in [0, 0.1) is 0 Å². The largest absolute Gasteiger partial charge is 0.457 e. The monoisotopic (exact) mass is 882 g/mol. The summed E-state index contributed by atoms with van der Waals surface area (Å²) in [6, 6.07) is 46.0. The molecule has 0 spiro atoms. The summed E-state index contributed by atoms with van der Waals surface area (Å²) in [6.45, 7) is 0. The minimum absolute atomic E-state index is 0.108. The second-order valence-electron chi connectivity index (χ2n) is 13.0. The Morgan fingerprint density at radius 1 is 0.429 bits per heavy atom. The molecule has 19 nitrogen and oxygen atoms in total.